The Morgan fingerprint density at radius 3 is 2.70 bits per heavy atom. The van der Waals surface area contributed by atoms with Crippen LogP contribution in [0.2, 0.25) is 0 Å². The van der Waals surface area contributed by atoms with Crippen LogP contribution in [0.4, 0.5) is 9.52 Å². The van der Waals surface area contributed by atoms with Gasteiger partial charge in [0.1, 0.15) is 5.82 Å². The van der Waals surface area contributed by atoms with E-state index in [9.17, 15) is 9.18 Å². The summed E-state index contributed by atoms with van der Waals surface area (Å²) in [6, 6.07) is 13.8. The predicted octanol–water partition coefficient (Wildman–Crippen LogP) is 4.89. The molecule has 1 aromatic heterocycles. The van der Waals surface area contributed by atoms with Crippen molar-refractivity contribution in [3.63, 3.8) is 0 Å². The van der Waals surface area contributed by atoms with Gasteiger partial charge in [0.15, 0.2) is 5.13 Å². The van der Waals surface area contributed by atoms with Crippen LogP contribution in [0.3, 0.4) is 0 Å². The number of aromatic nitrogens is 1. The van der Waals surface area contributed by atoms with Gasteiger partial charge in [0.2, 0.25) is 0 Å². The molecule has 0 saturated heterocycles. The Morgan fingerprint density at radius 1 is 1.17 bits per heavy atom. The molecule has 0 aliphatic heterocycles. The van der Waals surface area contributed by atoms with Gasteiger partial charge in [-0.3, -0.25) is 10.1 Å². The maximum atomic E-state index is 13.6. The molecule has 0 atom stereocenters. The zero-order chi connectivity index (χ0) is 16.2. The third-order valence-corrected chi connectivity index (χ3v) is 4.90. The number of thiazole rings is 1. The summed E-state index contributed by atoms with van der Waals surface area (Å²) in [7, 11) is 0. The van der Waals surface area contributed by atoms with E-state index in [0.717, 1.165) is 14.9 Å². The highest BCUT2D eigenvalue weighted by atomic mass is 79.9. The van der Waals surface area contributed by atoms with E-state index in [4.69, 9.17) is 0 Å². The molecule has 3 aromatic rings. The van der Waals surface area contributed by atoms with E-state index >= 15 is 0 Å². The Labute approximate surface area is 145 Å². The van der Waals surface area contributed by atoms with Crippen LogP contribution in [0.5, 0.6) is 0 Å². The number of carbonyl (C=O) groups excluding carboxylic acids is 1. The molecule has 0 aliphatic carbocycles. The number of carbonyl (C=O) groups is 1. The molecule has 0 radical (unpaired) electrons. The van der Waals surface area contributed by atoms with Gasteiger partial charge in [-0.15, -0.1) is 11.3 Å². The molecule has 3 rings (SSSR count). The van der Waals surface area contributed by atoms with E-state index in [-0.39, 0.29) is 5.56 Å². The van der Waals surface area contributed by atoms with Crippen molar-refractivity contribution in [2.75, 3.05) is 5.32 Å². The number of hydrogen-bond donors (Lipinski definition) is 1. The van der Waals surface area contributed by atoms with Crippen LogP contribution in [-0.4, -0.2) is 10.9 Å². The van der Waals surface area contributed by atoms with E-state index in [1.807, 2.05) is 24.3 Å². The third kappa shape index (κ3) is 3.83. The molecule has 1 heterocycles. The molecule has 2 aromatic carbocycles. The fraction of sp³-hybridized carbons (Fsp3) is 0.0588. The molecule has 0 unspecified atom stereocenters. The fourth-order valence-corrected chi connectivity index (χ4v) is 3.34. The van der Waals surface area contributed by atoms with Gasteiger partial charge in [-0.2, -0.15) is 0 Å². The summed E-state index contributed by atoms with van der Waals surface area (Å²) in [6.45, 7) is 0. The van der Waals surface area contributed by atoms with Crippen LogP contribution in [0, 0.1) is 5.82 Å². The quantitative estimate of drug-likeness (QED) is 0.688. The van der Waals surface area contributed by atoms with Crippen molar-refractivity contribution in [3.8, 4) is 0 Å². The molecule has 1 amide bonds. The number of benzene rings is 2. The largest absolute Gasteiger partial charge is 0.298 e. The number of amides is 1. The number of nitrogens with zero attached hydrogens (tertiary/aromatic N) is 1. The maximum absolute atomic E-state index is 13.6. The van der Waals surface area contributed by atoms with Crippen LogP contribution in [0.25, 0.3) is 0 Å². The first-order chi connectivity index (χ1) is 11.1. The van der Waals surface area contributed by atoms with E-state index < -0.39 is 11.7 Å². The van der Waals surface area contributed by atoms with Gasteiger partial charge in [0.05, 0.1) is 5.56 Å². The summed E-state index contributed by atoms with van der Waals surface area (Å²) < 4.78 is 14.6. The third-order valence-electron chi connectivity index (χ3n) is 3.22. The Hall–Kier alpha value is -2.05. The van der Waals surface area contributed by atoms with Gasteiger partial charge in [-0.1, -0.05) is 46.3 Å². The molecule has 0 spiro atoms. The zero-order valence-corrected chi connectivity index (χ0v) is 14.3. The van der Waals surface area contributed by atoms with E-state index in [2.05, 4.69) is 26.2 Å². The molecule has 1 N–H and O–H groups in total. The van der Waals surface area contributed by atoms with Crippen molar-refractivity contribution in [2.24, 2.45) is 0 Å². The van der Waals surface area contributed by atoms with Crippen molar-refractivity contribution in [3.05, 3.63) is 81.0 Å². The van der Waals surface area contributed by atoms with Crippen LogP contribution in [0.1, 0.15) is 20.8 Å². The van der Waals surface area contributed by atoms with Crippen molar-refractivity contribution in [1.29, 1.82) is 0 Å². The van der Waals surface area contributed by atoms with Crippen molar-refractivity contribution < 1.29 is 9.18 Å². The lowest BCUT2D eigenvalue weighted by atomic mass is 10.1. The molecular formula is C17H12BrFN2OS. The highest BCUT2D eigenvalue weighted by molar-refractivity contribution is 9.10. The predicted molar refractivity (Wildman–Crippen MR) is 93.4 cm³/mol. The van der Waals surface area contributed by atoms with Gasteiger partial charge >= 0.3 is 0 Å². The van der Waals surface area contributed by atoms with Gasteiger partial charge in [0.25, 0.3) is 5.91 Å². The smallest absolute Gasteiger partial charge is 0.260 e. The number of anilines is 1. The Kier molecular flexibility index (Phi) is 4.83. The number of nitrogens with one attached hydrogen (secondary N) is 1. The van der Waals surface area contributed by atoms with Gasteiger partial charge in [0, 0.05) is 22.0 Å². The van der Waals surface area contributed by atoms with E-state index in [0.29, 0.717) is 11.6 Å². The standard InChI is InChI=1S/C17H12BrFN2OS/c18-14-7-3-1-5-11(14)9-12-10-20-17(23-12)21-16(22)13-6-2-4-8-15(13)19/h1-8,10H,9H2,(H,20,21,22). The molecule has 3 nitrogen and oxygen atoms in total. The highest BCUT2D eigenvalue weighted by Gasteiger charge is 2.13. The number of hydrogen-bond acceptors (Lipinski definition) is 3. The summed E-state index contributed by atoms with van der Waals surface area (Å²) in [6.07, 6.45) is 2.44. The lowest BCUT2D eigenvalue weighted by molar-refractivity contribution is 0.102. The second-order valence-corrected chi connectivity index (χ2v) is 6.80. The van der Waals surface area contributed by atoms with Crippen LogP contribution >= 0.6 is 27.3 Å². The second-order valence-electron chi connectivity index (χ2n) is 4.83. The normalized spacial score (nSPS) is 10.5. The summed E-state index contributed by atoms with van der Waals surface area (Å²) >= 11 is 4.89. The van der Waals surface area contributed by atoms with E-state index in [1.165, 1.54) is 23.5 Å². The summed E-state index contributed by atoms with van der Waals surface area (Å²) in [4.78, 5) is 17.3. The van der Waals surface area contributed by atoms with Crippen LogP contribution < -0.4 is 5.32 Å². The lowest BCUT2D eigenvalue weighted by Gasteiger charge is -2.03. The Balaban J connectivity index is 1.72. The Bertz CT molecular complexity index is 850. The minimum atomic E-state index is -0.546. The molecule has 23 heavy (non-hydrogen) atoms. The number of rotatable bonds is 4. The van der Waals surface area contributed by atoms with Gasteiger partial charge < -0.3 is 0 Å². The summed E-state index contributed by atoms with van der Waals surface area (Å²) in [5.74, 6) is -1.04. The van der Waals surface area contributed by atoms with Gasteiger partial charge in [-0.05, 0) is 23.8 Å². The minimum absolute atomic E-state index is 0.00931. The fourth-order valence-electron chi connectivity index (χ4n) is 2.09. The summed E-state index contributed by atoms with van der Waals surface area (Å²) in [5.41, 5.74) is 1.15. The summed E-state index contributed by atoms with van der Waals surface area (Å²) in [5, 5.41) is 3.10. The van der Waals surface area contributed by atoms with Crippen LogP contribution in [0.15, 0.2) is 59.2 Å². The van der Waals surface area contributed by atoms with E-state index in [1.54, 1.807) is 18.3 Å². The molecule has 0 fully saturated rings. The minimum Gasteiger partial charge on any atom is -0.298 e. The topological polar surface area (TPSA) is 42.0 Å². The molecule has 6 heteroatoms. The highest BCUT2D eigenvalue weighted by Crippen LogP contribution is 2.25. The SMILES string of the molecule is O=C(Nc1ncc(Cc2ccccc2Br)s1)c1ccccc1F. The average molecular weight is 391 g/mol. The molecule has 0 bridgehead atoms. The zero-order valence-electron chi connectivity index (χ0n) is 11.9. The first kappa shape index (κ1) is 15.8. The maximum Gasteiger partial charge on any atom is 0.260 e. The van der Waals surface area contributed by atoms with Crippen LogP contribution in [-0.2, 0) is 6.42 Å². The monoisotopic (exact) mass is 390 g/mol. The second kappa shape index (κ2) is 7.02. The molecule has 0 aliphatic rings. The molecular weight excluding hydrogens is 379 g/mol. The van der Waals surface area contributed by atoms with Crippen molar-refractivity contribution >= 4 is 38.3 Å². The average Bonchev–Trinajstić information content (AvgIpc) is 2.97. The Morgan fingerprint density at radius 2 is 1.91 bits per heavy atom. The first-order valence-electron chi connectivity index (χ1n) is 6.87. The number of halogens is 2. The lowest BCUT2D eigenvalue weighted by Crippen LogP contribution is -2.13. The molecule has 0 saturated carbocycles. The van der Waals surface area contributed by atoms with Crippen molar-refractivity contribution in [1.82, 2.24) is 4.98 Å². The van der Waals surface area contributed by atoms with Crippen molar-refractivity contribution in [2.45, 2.75) is 6.42 Å². The van der Waals surface area contributed by atoms with Gasteiger partial charge in [-0.25, -0.2) is 9.37 Å². The first-order valence-corrected chi connectivity index (χ1v) is 8.48. The molecule has 116 valence electrons.